The molecule has 0 aliphatic rings. The van der Waals surface area contributed by atoms with Crippen LogP contribution >= 0.6 is 7.14 Å². The van der Waals surface area contributed by atoms with Gasteiger partial charge in [-0.1, -0.05) is 18.1 Å². The van der Waals surface area contributed by atoms with E-state index in [0.717, 1.165) is 10.9 Å². The summed E-state index contributed by atoms with van der Waals surface area (Å²) in [5.41, 5.74) is 0.788. The summed E-state index contributed by atoms with van der Waals surface area (Å²) in [6, 6.07) is 7.33. The molecule has 0 aliphatic heterocycles. The number of benzene rings is 1. The van der Waals surface area contributed by atoms with E-state index in [1.165, 1.54) is 0 Å². The highest BCUT2D eigenvalue weighted by atomic mass is 31.2. The summed E-state index contributed by atoms with van der Waals surface area (Å²) in [6.07, 6.45) is 5.22. The van der Waals surface area contributed by atoms with Gasteiger partial charge < -0.3 is 4.57 Å². The van der Waals surface area contributed by atoms with E-state index in [9.17, 15) is 4.57 Å². The molecule has 0 aliphatic carbocycles. The van der Waals surface area contributed by atoms with E-state index in [2.05, 4.69) is 5.92 Å². The van der Waals surface area contributed by atoms with Gasteiger partial charge in [0.1, 0.15) is 7.14 Å². The minimum absolute atomic E-state index is 0.788. The van der Waals surface area contributed by atoms with Gasteiger partial charge in [0, 0.05) is 10.9 Å². The Balaban J connectivity index is 3.22. The van der Waals surface area contributed by atoms with Gasteiger partial charge >= 0.3 is 0 Å². The molecular formula is C10H11OP. The minimum atomic E-state index is -2.15. The van der Waals surface area contributed by atoms with Crippen LogP contribution in [0.15, 0.2) is 24.3 Å². The SMILES string of the molecule is C#Cc1cccc(P(C)(C)=O)c1. The van der Waals surface area contributed by atoms with Crippen molar-refractivity contribution < 1.29 is 4.57 Å². The maximum Gasteiger partial charge on any atom is 0.109 e. The average Bonchev–Trinajstić information content (AvgIpc) is 2.03. The van der Waals surface area contributed by atoms with E-state index in [0.29, 0.717) is 0 Å². The van der Waals surface area contributed by atoms with Crippen molar-refractivity contribution in [2.45, 2.75) is 0 Å². The second kappa shape index (κ2) is 3.17. The maximum atomic E-state index is 11.6. The Labute approximate surface area is 73.2 Å². The summed E-state index contributed by atoms with van der Waals surface area (Å²) >= 11 is 0. The van der Waals surface area contributed by atoms with E-state index < -0.39 is 7.14 Å². The zero-order valence-corrected chi connectivity index (χ0v) is 8.14. The molecule has 0 fully saturated rings. The fourth-order valence-electron chi connectivity index (χ4n) is 0.931. The summed E-state index contributed by atoms with van der Waals surface area (Å²) in [5.74, 6) is 2.52. The first-order valence-electron chi connectivity index (χ1n) is 3.66. The lowest BCUT2D eigenvalue weighted by Gasteiger charge is -2.06. The van der Waals surface area contributed by atoms with Crippen LogP contribution in [0.5, 0.6) is 0 Å². The molecule has 0 heterocycles. The summed E-state index contributed by atoms with van der Waals surface area (Å²) < 4.78 is 11.6. The van der Waals surface area contributed by atoms with E-state index >= 15 is 0 Å². The number of rotatable bonds is 1. The molecule has 0 saturated heterocycles. The first-order valence-corrected chi connectivity index (χ1v) is 6.26. The molecule has 0 unspecified atom stereocenters. The lowest BCUT2D eigenvalue weighted by molar-refractivity contribution is 0.588. The third-order valence-corrected chi connectivity index (χ3v) is 3.16. The lowest BCUT2D eigenvalue weighted by Crippen LogP contribution is -2.02. The van der Waals surface area contributed by atoms with Crippen molar-refractivity contribution in [3.8, 4) is 12.3 Å². The molecule has 0 N–H and O–H groups in total. The van der Waals surface area contributed by atoms with Crippen LogP contribution in [0.4, 0.5) is 0 Å². The summed E-state index contributed by atoms with van der Waals surface area (Å²) in [4.78, 5) is 0. The van der Waals surface area contributed by atoms with Crippen molar-refractivity contribution in [2.75, 3.05) is 13.3 Å². The second-order valence-electron chi connectivity index (χ2n) is 3.05. The first kappa shape index (κ1) is 9.10. The van der Waals surface area contributed by atoms with Gasteiger partial charge in [0.15, 0.2) is 0 Å². The third kappa shape index (κ3) is 2.00. The number of terminal acetylenes is 1. The molecule has 0 amide bonds. The molecule has 0 saturated carbocycles. The molecule has 1 rings (SSSR count). The number of hydrogen-bond donors (Lipinski definition) is 0. The summed E-state index contributed by atoms with van der Waals surface area (Å²) in [5, 5.41) is 0.845. The van der Waals surface area contributed by atoms with Gasteiger partial charge in [0.2, 0.25) is 0 Å². The maximum absolute atomic E-state index is 11.6. The van der Waals surface area contributed by atoms with E-state index in [1.807, 2.05) is 18.2 Å². The highest BCUT2D eigenvalue weighted by Crippen LogP contribution is 2.34. The van der Waals surface area contributed by atoms with Gasteiger partial charge in [0.25, 0.3) is 0 Å². The van der Waals surface area contributed by atoms with Gasteiger partial charge in [-0.2, -0.15) is 0 Å². The molecule has 0 bridgehead atoms. The molecule has 1 aromatic carbocycles. The van der Waals surface area contributed by atoms with Crippen molar-refractivity contribution in [2.24, 2.45) is 0 Å². The van der Waals surface area contributed by atoms with E-state index in [1.54, 1.807) is 19.4 Å². The van der Waals surface area contributed by atoms with Gasteiger partial charge in [0.05, 0.1) is 0 Å². The molecule has 2 heteroatoms. The average molecular weight is 178 g/mol. The quantitative estimate of drug-likeness (QED) is 0.474. The fraction of sp³-hybridized carbons (Fsp3) is 0.200. The van der Waals surface area contributed by atoms with Gasteiger partial charge in [-0.05, 0) is 25.5 Å². The zero-order chi connectivity index (χ0) is 9.19. The van der Waals surface area contributed by atoms with Crippen LogP contribution in [-0.2, 0) is 4.57 Å². The second-order valence-corrected chi connectivity index (χ2v) is 6.26. The molecule has 0 radical (unpaired) electrons. The molecule has 12 heavy (non-hydrogen) atoms. The molecule has 0 atom stereocenters. The predicted octanol–water partition coefficient (Wildman–Crippen LogP) is 1.92. The minimum Gasteiger partial charge on any atom is -0.319 e. The summed E-state index contributed by atoms with van der Waals surface area (Å²) in [6.45, 7) is 3.48. The van der Waals surface area contributed by atoms with Crippen molar-refractivity contribution in [1.82, 2.24) is 0 Å². The Hall–Kier alpha value is -0.990. The van der Waals surface area contributed by atoms with Gasteiger partial charge in [-0.15, -0.1) is 6.42 Å². The molecule has 0 aromatic heterocycles. The Morgan fingerprint density at radius 2 is 2.08 bits per heavy atom. The van der Waals surface area contributed by atoms with E-state index in [-0.39, 0.29) is 0 Å². The van der Waals surface area contributed by atoms with Crippen molar-refractivity contribution in [3.63, 3.8) is 0 Å². The van der Waals surface area contributed by atoms with E-state index in [4.69, 9.17) is 6.42 Å². The van der Waals surface area contributed by atoms with Crippen LogP contribution in [0.1, 0.15) is 5.56 Å². The lowest BCUT2D eigenvalue weighted by atomic mass is 10.2. The smallest absolute Gasteiger partial charge is 0.109 e. The topological polar surface area (TPSA) is 17.1 Å². The van der Waals surface area contributed by atoms with Crippen LogP contribution in [0.25, 0.3) is 0 Å². The Kier molecular flexibility index (Phi) is 2.40. The Bertz CT molecular complexity index is 368. The van der Waals surface area contributed by atoms with Gasteiger partial charge in [-0.25, -0.2) is 0 Å². The highest BCUT2D eigenvalue weighted by Gasteiger charge is 2.09. The third-order valence-electron chi connectivity index (χ3n) is 1.63. The van der Waals surface area contributed by atoms with Crippen LogP contribution < -0.4 is 5.30 Å². The van der Waals surface area contributed by atoms with Crippen LogP contribution in [0, 0.1) is 12.3 Å². The normalized spacial score (nSPS) is 10.8. The standard InChI is InChI=1S/C10H11OP/c1-4-9-6-5-7-10(8-9)12(2,3)11/h1,5-8H,2-3H3. The molecular weight excluding hydrogens is 167 g/mol. The molecule has 1 nitrogen and oxygen atoms in total. The van der Waals surface area contributed by atoms with Gasteiger partial charge in [-0.3, -0.25) is 0 Å². The number of hydrogen-bond acceptors (Lipinski definition) is 1. The van der Waals surface area contributed by atoms with Crippen molar-refractivity contribution in [3.05, 3.63) is 29.8 Å². The first-order chi connectivity index (χ1) is 5.54. The Morgan fingerprint density at radius 3 is 2.58 bits per heavy atom. The van der Waals surface area contributed by atoms with Crippen LogP contribution in [0.3, 0.4) is 0 Å². The van der Waals surface area contributed by atoms with Crippen LogP contribution in [0.2, 0.25) is 0 Å². The van der Waals surface area contributed by atoms with Crippen molar-refractivity contribution in [1.29, 1.82) is 0 Å². The highest BCUT2D eigenvalue weighted by molar-refractivity contribution is 7.70. The zero-order valence-electron chi connectivity index (χ0n) is 7.24. The van der Waals surface area contributed by atoms with Crippen LogP contribution in [-0.4, -0.2) is 13.3 Å². The predicted molar refractivity (Wildman–Crippen MR) is 53.5 cm³/mol. The molecule has 1 aromatic rings. The molecule has 62 valence electrons. The largest absolute Gasteiger partial charge is 0.319 e. The monoisotopic (exact) mass is 178 g/mol. The molecule has 0 spiro atoms. The van der Waals surface area contributed by atoms with Crippen molar-refractivity contribution >= 4 is 12.4 Å². The summed E-state index contributed by atoms with van der Waals surface area (Å²) in [7, 11) is -2.15. The fourth-order valence-corrected chi connectivity index (χ4v) is 1.83. The Morgan fingerprint density at radius 1 is 1.42 bits per heavy atom.